The van der Waals surface area contributed by atoms with Gasteiger partial charge in [-0.25, -0.2) is 13.4 Å². The number of aromatic nitrogens is 5. The Morgan fingerprint density at radius 1 is 1.15 bits per heavy atom. The topological polar surface area (TPSA) is 112 Å². The lowest BCUT2D eigenvalue weighted by atomic mass is 10.1. The van der Waals surface area contributed by atoms with Crippen molar-refractivity contribution >= 4 is 21.0 Å². The standard InChI is InChI=1S/C16H18N6O3S/c1-26(23,24)13-4-2-11(3-5-13)22-15-14(20-21-22)16(19-10-18-15)25-12-6-8-17-9-7-12/h2-5,10,12,17H,6-9H2,1H3. The Bertz CT molecular complexity index is 1030. The fourth-order valence-corrected chi connectivity index (χ4v) is 3.52. The fourth-order valence-electron chi connectivity index (χ4n) is 2.89. The van der Waals surface area contributed by atoms with E-state index in [4.69, 9.17) is 4.74 Å². The highest BCUT2D eigenvalue weighted by atomic mass is 32.2. The number of piperidine rings is 1. The van der Waals surface area contributed by atoms with E-state index in [1.807, 2.05) is 0 Å². The molecule has 10 heteroatoms. The molecule has 1 aliphatic rings. The van der Waals surface area contributed by atoms with Crippen molar-refractivity contribution < 1.29 is 13.2 Å². The summed E-state index contributed by atoms with van der Waals surface area (Å²) in [7, 11) is -3.25. The summed E-state index contributed by atoms with van der Waals surface area (Å²) in [4.78, 5) is 8.71. The highest BCUT2D eigenvalue weighted by molar-refractivity contribution is 7.90. The third-order valence-corrected chi connectivity index (χ3v) is 5.41. The third-order valence-electron chi connectivity index (χ3n) is 4.28. The highest BCUT2D eigenvalue weighted by Crippen LogP contribution is 2.24. The van der Waals surface area contributed by atoms with Gasteiger partial charge >= 0.3 is 0 Å². The lowest BCUT2D eigenvalue weighted by Crippen LogP contribution is -2.34. The Morgan fingerprint density at radius 2 is 1.88 bits per heavy atom. The molecular weight excluding hydrogens is 356 g/mol. The van der Waals surface area contributed by atoms with Crippen LogP contribution in [-0.4, -0.2) is 58.8 Å². The van der Waals surface area contributed by atoms with Crippen LogP contribution in [-0.2, 0) is 9.84 Å². The zero-order chi connectivity index (χ0) is 18.1. The number of fused-ring (bicyclic) bond motifs is 1. The molecule has 0 aliphatic carbocycles. The minimum absolute atomic E-state index is 0.0912. The van der Waals surface area contributed by atoms with Crippen molar-refractivity contribution in [3.8, 4) is 11.6 Å². The number of sulfone groups is 1. The van der Waals surface area contributed by atoms with Gasteiger partial charge in [-0.05, 0) is 50.2 Å². The van der Waals surface area contributed by atoms with Crippen LogP contribution in [0.2, 0.25) is 0 Å². The van der Waals surface area contributed by atoms with Gasteiger partial charge in [-0.2, -0.15) is 9.67 Å². The number of nitrogens with zero attached hydrogens (tertiary/aromatic N) is 5. The number of ether oxygens (including phenoxy) is 1. The lowest BCUT2D eigenvalue weighted by molar-refractivity contribution is 0.158. The number of benzene rings is 1. The quantitative estimate of drug-likeness (QED) is 0.712. The van der Waals surface area contributed by atoms with Gasteiger partial charge in [0.25, 0.3) is 0 Å². The highest BCUT2D eigenvalue weighted by Gasteiger charge is 2.20. The minimum Gasteiger partial charge on any atom is -0.473 e. The molecule has 0 radical (unpaired) electrons. The molecule has 3 aromatic rings. The molecule has 0 unspecified atom stereocenters. The molecule has 0 saturated carbocycles. The largest absolute Gasteiger partial charge is 0.473 e. The van der Waals surface area contributed by atoms with E-state index in [1.54, 1.807) is 16.8 Å². The number of hydrogen-bond acceptors (Lipinski definition) is 8. The van der Waals surface area contributed by atoms with Gasteiger partial charge in [0.15, 0.2) is 21.0 Å². The molecule has 0 amide bonds. The van der Waals surface area contributed by atoms with E-state index < -0.39 is 9.84 Å². The van der Waals surface area contributed by atoms with Gasteiger partial charge in [0, 0.05) is 6.26 Å². The first-order valence-electron chi connectivity index (χ1n) is 8.26. The van der Waals surface area contributed by atoms with Crippen molar-refractivity contribution in [3.05, 3.63) is 30.6 Å². The minimum atomic E-state index is -3.25. The zero-order valence-electron chi connectivity index (χ0n) is 14.2. The maximum absolute atomic E-state index is 11.6. The molecule has 1 N–H and O–H groups in total. The van der Waals surface area contributed by atoms with Crippen LogP contribution >= 0.6 is 0 Å². The maximum atomic E-state index is 11.6. The van der Waals surface area contributed by atoms with Crippen LogP contribution in [0, 0.1) is 0 Å². The van der Waals surface area contributed by atoms with Crippen LogP contribution in [0.1, 0.15) is 12.8 Å². The molecule has 26 heavy (non-hydrogen) atoms. The van der Waals surface area contributed by atoms with Gasteiger partial charge in [-0.1, -0.05) is 5.21 Å². The van der Waals surface area contributed by atoms with E-state index in [1.165, 1.54) is 24.7 Å². The summed E-state index contributed by atoms with van der Waals surface area (Å²) in [5, 5.41) is 11.6. The van der Waals surface area contributed by atoms with E-state index >= 15 is 0 Å². The number of nitrogens with one attached hydrogen (secondary N) is 1. The summed E-state index contributed by atoms with van der Waals surface area (Å²) >= 11 is 0. The molecule has 1 fully saturated rings. The Labute approximate surface area is 150 Å². The van der Waals surface area contributed by atoms with Crippen molar-refractivity contribution in [2.24, 2.45) is 0 Å². The Hall–Kier alpha value is -2.59. The summed E-state index contributed by atoms with van der Waals surface area (Å²) in [5.41, 5.74) is 1.65. The van der Waals surface area contributed by atoms with Gasteiger partial charge in [0.1, 0.15) is 12.4 Å². The predicted octanol–water partition coefficient (Wildman–Crippen LogP) is 0.745. The van der Waals surface area contributed by atoms with Crippen molar-refractivity contribution in [1.29, 1.82) is 0 Å². The smallest absolute Gasteiger partial charge is 0.247 e. The molecule has 9 nitrogen and oxygen atoms in total. The summed E-state index contributed by atoms with van der Waals surface area (Å²) in [6.07, 6.45) is 4.50. The number of rotatable bonds is 4. The molecule has 4 rings (SSSR count). The predicted molar refractivity (Wildman–Crippen MR) is 94.1 cm³/mol. The SMILES string of the molecule is CS(=O)(=O)c1ccc(-n2nnc3c(OC4CCNCC4)ncnc32)cc1. The average Bonchev–Trinajstić information content (AvgIpc) is 3.07. The van der Waals surface area contributed by atoms with Crippen LogP contribution in [0.15, 0.2) is 35.5 Å². The van der Waals surface area contributed by atoms with Crippen LogP contribution in [0.5, 0.6) is 5.88 Å². The molecule has 1 aliphatic heterocycles. The second-order valence-corrected chi connectivity index (χ2v) is 8.20. The van der Waals surface area contributed by atoms with Crippen LogP contribution in [0.3, 0.4) is 0 Å². The summed E-state index contributed by atoms with van der Waals surface area (Å²) in [6, 6.07) is 6.40. The third kappa shape index (κ3) is 3.25. The van der Waals surface area contributed by atoms with Gasteiger partial charge < -0.3 is 10.1 Å². The van der Waals surface area contributed by atoms with Crippen molar-refractivity contribution in [2.75, 3.05) is 19.3 Å². The first-order valence-corrected chi connectivity index (χ1v) is 10.2. The lowest BCUT2D eigenvalue weighted by Gasteiger charge is -2.22. The van der Waals surface area contributed by atoms with Gasteiger partial charge in [0.2, 0.25) is 5.88 Å². The molecule has 0 atom stereocenters. The van der Waals surface area contributed by atoms with E-state index in [0.717, 1.165) is 25.9 Å². The van der Waals surface area contributed by atoms with Crippen molar-refractivity contribution in [1.82, 2.24) is 30.3 Å². The second-order valence-electron chi connectivity index (χ2n) is 6.19. The van der Waals surface area contributed by atoms with E-state index in [2.05, 4.69) is 25.6 Å². The van der Waals surface area contributed by atoms with E-state index in [-0.39, 0.29) is 11.0 Å². The molecule has 136 valence electrons. The van der Waals surface area contributed by atoms with Gasteiger partial charge in [0.05, 0.1) is 10.6 Å². The van der Waals surface area contributed by atoms with Crippen LogP contribution in [0.4, 0.5) is 0 Å². The Kier molecular flexibility index (Phi) is 4.29. The molecule has 1 aromatic carbocycles. The Morgan fingerprint density at radius 3 is 2.58 bits per heavy atom. The monoisotopic (exact) mass is 374 g/mol. The molecule has 0 bridgehead atoms. The Balaban J connectivity index is 1.68. The van der Waals surface area contributed by atoms with Crippen LogP contribution < -0.4 is 10.1 Å². The van der Waals surface area contributed by atoms with E-state index in [9.17, 15) is 8.42 Å². The first-order chi connectivity index (χ1) is 12.5. The zero-order valence-corrected chi connectivity index (χ0v) is 15.0. The van der Waals surface area contributed by atoms with Crippen molar-refractivity contribution in [2.45, 2.75) is 23.8 Å². The van der Waals surface area contributed by atoms with Gasteiger partial charge in [-0.15, -0.1) is 5.10 Å². The number of hydrogen-bond donors (Lipinski definition) is 1. The normalized spacial score (nSPS) is 16.0. The molecule has 3 heterocycles. The van der Waals surface area contributed by atoms with E-state index in [0.29, 0.717) is 22.7 Å². The first kappa shape index (κ1) is 16.9. The maximum Gasteiger partial charge on any atom is 0.247 e. The summed E-state index contributed by atoms with van der Waals surface area (Å²) < 4.78 is 30.7. The van der Waals surface area contributed by atoms with Crippen molar-refractivity contribution in [3.63, 3.8) is 0 Å². The second kappa shape index (κ2) is 6.61. The summed E-state index contributed by atoms with van der Waals surface area (Å²) in [5.74, 6) is 0.418. The van der Waals surface area contributed by atoms with Crippen LogP contribution in [0.25, 0.3) is 16.9 Å². The summed E-state index contributed by atoms with van der Waals surface area (Å²) in [6.45, 7) is 1.83. The average molecular weight is 374 g/mol. The fraction of sp³-hybridized carbons (Fsp3) is 0.375. The molecule has 0 spiro atoms. The molecule has 2 aromatic heterocycles. The van der Waals surface area contributed by atoms with Gasteiger partial charge in [-0.3, -0.25) is 0 Å². The molecule has 1 saturated heterocycles. The molecular formula is C16H18N6O3S.